The maximum Gasteiger partial charge on any atom is 0.311 e. The molecule has 1 saturated heterocycles. The lowest BCUT2D eigenvalue weighted by Gasteiger charge is -2.26. The number of alkyl halides is 2. The Bertz CT molecular complexity index is 284. The predicted octanol–water partition coefficient (Wildman–Crippen LogP) is -1.18. The fourth-order valence-corrected chi connectivity index (χ4v) is 1.50. The van der Waals surface area contributed by atoms with Crippen molar-refractivity contribution in [3.05, 3.63) is 0 Å². The Morgan fingerprint density at radius 1 is 1.33 bits per heavy atom. The van der Waals surface area contributed by atoms with Crippen LogP contribution < -0.4 is 10.6 Å². The molecule has 0 aromatic heterocycles. The first-order valence-corrected chi connectivity index (χ1v) is 5.75. The van der Waals surface area contributed by atoms with Gasteiger partial charge in [0, 0.05) is 32.7 Å². The number of carbonyl (C=O) groups is 2. The lowest BCUT2D eigenvalue weighted by atomic mass is 10.3. The van der Waals surface area contributed by atoms with Crippen LogP contribution in [0.1, 0.15) is 0 Å². The van der Waals surface area contributed by atoms with E-state index in [-0.39, 0.29) is 13.2 Å². The van der Waals surface area contributed by atoms with Crippen molar-refractivity contribution in [1.29, 1.82) is 0 Å². The number of carbonyl (C=O) groups excluding carboxylic acids is 2. The lowest BCUT2D eigenvalue weighted by molar-refractivity contribution is -0.146. The highest BCUT2D eigenvalue weighted by atomic mass is 19.3. The molecular formula is C10H17F2N3O3. The summed E-state index contributed by atoms with van der Waals surface area (Å²) in [5.74, 6) is -1.32. The highest BCUT2D eigenvalue weighted by molar-refractivity contribution is 6.35. The van der Waals surface area contributed by atoms with E-state index in [9.17, 15) is 18.4 Å². The summed E-state index contributed by atoms with van der Waals surface area (Å²) in [5, 5.41) is 5.40. The second kappa shape index (κ2) is 7.93. The largest absolute Gasteiger partial charge is 0.374 e. The molecule has 18 heavy (non-hydrogen) atoms. The van der Waals surface area contributed by atoms with Gasteiger partial charge in [-0.1, -0.05) is 0 Å². The molecule has 1 aliphatic heterocycles. The van der Waals surface area contributed by atoms with Gasteiger partial charge in [0.1, 0.15) is 6.61 Å². The Morgan fingerprint density at radius 2 is 2.00 bits per heavy atom. The van der Waals surface area contributed by atoms with Gasteiger partial charge >= 0.3 is 11.8 Å². The number of hydrogen-bond acceptors (Lipinski definition) is 4. The molecule has 0 spiro atoms. The minimum absolute atomic E-state index is 0.0368. The van der Waals surface area contributed by atoms with E-state index in [2.05, 4.69) is 15.4 Å². The number of rotatable bonds is 5. The Labute approximate surface area is 104 Å². The Morgan fingerprint density at radius 3 is 2.61 bits per heavy atom. The Kier molecular flexibility index (Phi) is 6.51. The van der Waals surface area contributed by atoms with Crippen molar-refractivity contribution in [1.82, 2.24) is 15.5 Å². The molecule has 0 bridgehead atoms. The third-order valence-electron chi connectivity index (χ3n) is 2.37. The second-order valence-electron chi connectivity index (χ2n) is 3.76. The highest BCUT2D eigenvalue weighted by Gasteiger charge is 2.22. The fraction of sp³-hybridized carbons (Fsp3) is 0.800. The third-order valence-corrected chi connectivity index (χ3v) is 2.37. The number of amides is 2. The first-order valence-electron chi connectivity index (χ1n) is 5.75. The van der Waals surface area contributed by atoms with Crippen molar-refractivity contribution in [2.75, 3.05) is 45.9 Å². The topological polar surface area (TPSA) is 70.7 Å². The molecule has 1 aliphatic rings. The quantitative estimate of drug-likeness (QED) is 0.485. The van der Waals surface area contributed by atoms with Gasteiger partial charge in [0.25, 0.3) is 6.43 Å². The monoisotopic (exact) mass is 265 g/mol. The average molecular weight is 265 g/mol. The predicted molar refractivity (Wildman–Crippen MR) is 59.3 cm³/mol. The van der Waals surface area contributed by atoms with Crippen LogP contribution in [-0.2, 0) is 14.3 Å². The van der Waals surface area contributed by atoms with Crippen LogP contribution in [0.3, 0.4) is 0 Å². The van der Waals surface area contributed by atoms with Crippen LogP contribution in [0.2, 0.25) is 0 Å². The number of piperazine rings is 1. The molecule has 0 saturated carbocycles. The molecular weight excluding hydrogens is 248 g/mol. The summed E-state index contributed by atoms with van der Waals surface area (Å²) >= 11 is 0. The van der Waals surface area contributed by atoms with E-state index < -0.39 is 24.8 Å². The van der Waals surface area contributed by atoms with Crippen LogP contribution in [-0.4, -0.2) is 69.1 Å². The molecule has 1 heterocycles. The van der Waals surface area contributed by atoms with Gasteiger partial charge in [-0.3, -0.25) is 9.59 Å². The van der Waals surface area contributed by atoms with Crippen LogP contribution in [0.5, 0.6) is 0 Å². The van der Waals surface area contributed by atoms with Gasteiger partial charge in [-0.25, -0.2) is 8.78 Å². The normalized spacial score (nSPS) is 15.8. The lowest BCUT2D eigenvalue weighted by Crippen LogP contribution is -2.51. The molecule has 0 atom stereocenters. The second-order valence-corrected chi connectivity index (χ2v) is 3.76. The van der Waals surface area contributed by atoms with Gasteiger partial charge < -0.3 is 20.3 Å². The number of nitrogens with zero attached hydrogens (tertiary/aromatic N) is 1. The summed E-state index contributed by atoms with van der Waals surface area (Å²) in [6.07, 6.45) is -2.52. The van der Waals surface area contributed by atoms with Crippen molar-refractivity contribution >= 4 is 11.8 Å². The molecule has 8 heteroatoms. The van der Waals surface area contributed by atoms with Crippen molar-refractivity contribution in [3.63, 3.8) is 0 Å². The maximum absolute atomic E-state index is 11.7. The third kappa shape index (κ3) is 5.37. The van der Waals surface area contributed by atoms with Gasteiger partial charge in [0.2, 0.25) is 0 Å². The Hall–Kier alpha value is -1.28. The summed E-state index contributed by atoms with van der Waals surface area (Å²) in [6.45, 7) is 1.66. The van der Waals surface area contributed by atoms with Crippen LogP contribution >= 0.6 is 0 Å². The van der Waals surface area contributed by atoms with Crippen LogP contribution in [0.25, 0.3) is 0 Å². The number of halogens is 2. The SMILES string of the molecule is O=C(NCCOCC(F)F)C(=O)N1CCNCC1. The first-order chi connectivity index (χ1) is 8.61. The molecule has 1 rings (SSSR count). The zero-order valence-electron chi connectivity index (χ0n) is 9.95. The average Bonchev–Trinajstić information content (AvgIpc) is 2.38. The van der Waals surface area contributed by atoms with Crippen molar-refractivity contribution < 1.29 is 23.1 Å². The molecule has 0 aromatic carbocycles. The van der Waals surface area contributed by atoms with E-state index in [1.807, 2.05) is 0 Å². The van der Waals surface area contributed by atoms with Crippen molar-refractivity contribution in [2.24, 2.45) is 0 Å². The number of nitrogens with one attached hydrogen (secondary N) is 2. The van der Waals surface area contributed by atoms with E-state index in [0.29, 0.717) is 26.2 Å². The van der Waals surface area contributed by atoms with Gasteiger partial charge in [0.05, 0.1) is 6.61 Å². The summed E-state index contributed by atoms with van der Waals surface area (Å²) in [7, 11) is 0. The number of ether oxygens (including phenoxy) is 1. The van der Waals surface area contributed by atoms with Gasteiger partial charge in [-0.05, 0) is 0 Å². The van der Waals surface area contributed by atoms with Crippen LogP contribution in [0.15, 0.2) is 0 Å². The highest BCUT2D eigenvalue weighted by Crippen LogP contribution is 1.94. The zero-order valence-corrected chi connectivity index (χ0v) is 9.95. The van der Waals surface area contributed by atoms with Crippen LogP contribution in [0, 0.1) is 0 Å². The summed E-state index contributed by atoms with van der Waals surface area (Å²) in [4.78, 5) is 24.5. The molecule has 0 aliphatic carbocycles. The van der Waals surface area contributed by atoms with E-state index in [1.54, 1.807) is 0 Å². The summed E-state index contributed by atoms with van der Waals surface area (Å²) in [6, 6.07) is 0. The minimum Gasteiger partial charge on any atom is -0.374 e. The standard InChI is InChI=1S/C10H17F2N3O3/c11-8(12)7-18-6-3-14-9(16)10(17)15-4-1-13-2-5-15/h8,13H,1-7H2,(H,14,16). The smallest absolute Gasteiger partial charge is 0.311 e. The van der Waals surface area contributed by atoms with Crippen molar-refractivity contribution in [2.45, 2.75) is 6.43 Å². The van der Waals surface area contributed by atoms with E-state index >= 15 is 0 Å². The molecule has 0 unspecified atom stereocenters. The van der Waals surface area contributed by atoms with Crippen LogP contribution in [0.4, 0.5) is 8.78 Å². The van der Waals surface area contributed by atoms with E-state index in [4.69, 9.17) is 0 Å². The molecule has 104 valence electrons. The summed E-state index contributed by atoms with van der Waals surface area (Å²) < 4.78 is 28.0. The van der Waals surface area contributed by atoms with E-state index in [1.165, 1.54) is 4.90 Å². The molecule has 2 N–H and O–H groups in total. The molecule has 1 fully saturated rings. The van der Waals surface area contributed by atoms with E-state index in [0.717, 1.165) is 0 Å². The van der Waals surface area contributed by atoms with Crippen molar-refractivity contribution in [3.8, 4) is 0 Å². The maximum atomic E-state index is 11.7. The zero-order chi connectivity index (χ0) is 13.4. The molecule has 0 aromatic rings. The molecule has 2 amide bonds. The number of hydrogen-bond donors (Lipinski definition) is 2. The fourth-order valence-electron chi connectivity index (χ4n) is 1.50. The molecule has 6 nitrogen and oxygen atoms in total. The van der Waals surface area contributed by atoms with Gasteiger partial charge in [-0.15, -0.1) is 0 Å². The Balaban J connectivity index is 2.13. The summed E-state index contributed by atoms with van der Waals surface area (Å²) in [5.41, 5.74) is 0. The molecule has 0 radical (unpaired) electrons. The van der Waals surface area contributed by atoms with Gasteiger partial charge in [0.15, 0.2) is 0 Å². The van der Waals surface area contributed by atoms with Gasteiger partial charge in [-0.2, -0.15) is 0 Å². The first kappa shape index (κ1) is 14.8. The minimum atomic E-state index is -2.52.